The van der Waals surface area contributed by atoms with Crippen LogP contribution in [0.5, 0.6) is 11.5 Å². The SMILES string of the molecule is COc1cc(C(N)=O)cc(Cl)c1OCC(C)C. The van der Waals surface area contributed by atoms with Crippen LogP contribution in [0.3, 0.4) is 0 Å². The highest BCUT2D eigenvalue weighted by Crippen LogP contribution is 2.36. The standard InChI is InChI=1S/C12H16ClNO3/c1-7(2)6-17-11-9(13)4-8(12(14)15)5-10(11)16-3/h4-5,7H,6H2,1-3H3,(H2,14,15). The zero-order valence-electron chi connectivity index (χ0n) is 10.1. The molecule has 0 radical (unpaired) electrons. The number of nitrogens with two attached hydrogens (primary N) is 1. The van der Waals surface area contributed by atoms with E-state index in [1.807, 2.05) is 13.8 Å². The number of carbonyl (C=O) groups excluding carboxylic acids is 1. The van der Waals surface area contributed by atoms with E-state index in [1.165, 1.54) is 19.2 Å². The molecule has 0 spiro atoms. The second-order valence-corrected chi connectivity index (χ2v) is 4.47. The smallest absolute Gasteiger partial charge is 0.248 e. The topological polar surface area (TPSA) is 61.5 Å². The molecule has 0 heterocycles. The quantitative estimate of drug-likeness (QED) is 0.882. The highest BCUT2D eigenvalue weighted by Gasteiger charge is 2.14. The maximum Gasteiger partial charge on any atom is 0.248 e. The average molecular weight is 258 g/mol. The van der Waals surface area contributed by atoms with E-state index in [2.05, 4.69) is 0 Å². The lowest BCUT2D eigenvalue weighted by Gasteiger charge is -2.14. The number of hydrogen-bond donors (Lipinski definition) is 1. The Morgan fingerprint density at radius 1 is 1.47 bits per heavy atom. The van der Waals surface area contributed by atoms with Gasteiger partial charge in [0.2, 0.25) is 5.91 Å². The minimum atomic E-state index is -0.555. The molecule has 94 valence electrons. The molecule has 1 amide bonds. The zero-order valence-corrected chi connectivity index (χ0v) is 10.9. The predicted octanol–water partition coefficient (Wildman–Crippen LogP) is 2.48. The van der Waals surface area contributed by atoms with Gasteiger partial charge in [-0.05, 0) is 18.1 Å². The Balaban J connectivity index is 3.07. The summed E-state index contributed by atoms with van der Waals surface area (Å²) in [5.41, 5.74) is 5.48. The number of carbonyl (C=O) groups is 1. The molecule has 1 aromatic carbocycles. The Bertz CT molecular complexity index is 418. The number of amides is 1. The molecule has 0 unspecified atom stereocenters. The lowest BCUT2D eigenvalue weighted by molar-refractivity contribution is 0.1000. The molecule has 0 bridgehead atoms. The molecular formula is C12H16ClNO3. The number of ether oxygens (including phenoxy) is 2. The van der Waals surface area contributed by atoms with Crippen LogP contribution in [0.1, 0.15) is 24.2 Å². The third kappa shape index (κ3) is 3.53. The summed E-state index contributed by atoms with van der Waals surface area (Å²) < 4.78 is 10.7. The van der Waals surface area contributed by atoms with E-state index in [9.17, 15) is 4.79 Å². The minimum Gasteiger partial charge on any atom is -0.493 e. The van der Waals surface area contributed by atoms with E-state index in [0.717, 1.165) is 0 Å². The van der Waals surface area contributed by atoms with Crippen LogP contribution < -0.4 is 15.2 Å². The first-order chi connectivity index (χ1) is 7.95. The van der Waals surface area contributed by atoms with Crippen molar-refractivity contribution in [3.8, 4) is 11.5 Å². The van der Waals surface area contributed by atoms with Gasteiger partial charge in [-0.1, -0.05) is 25.4 Å². The van der Waals surface area contributed by atoms with Gasteiger partial charge in [-0.15, -0.1) is 0 Å². The average Bonchev–Trinajstić information content (AvgIpc) is 2.25. The summed E-state index contributed by atoms with van der Waals surface area (Å²) in [6.45, 7) is 4.57. The fraction of sp³-hybridized carbons (Fsp3) is 0.417. The molecule has 2 N–H and O–H groups in total. The molecule has 1 rings (SSSR count). The highest BCUT2D eigenvalue weighted by atomic mass is 35.5. The summed E-state index contributed by atoms with van der Waals surface area (Å²) in [4.78, 5) is 11.1. The Morgan fingerprint density at radius 2 is 2.12 bits per heavy atom. The van der Waals surface area contributed by atoms with Crippen molar-refractivity contribution in [1.29, 1.82) is 0 Å². The van der Waals surface area contributed by atoms with Gasteiger partial charge in [0.05, 0.1) is 18.7 Å². The van der Waals surface area contributed by atoms with Crippen LogP contribution in [0.4, 0.5) is 0 Å². The van der Waals surface area contributed by atoms with Crippen LogP contribution in [-0.4, -0.2) is 19.6 Å². The minimum absolute atomic E-state index is 0.295. The highest BCUT2D eigenvalue weighted by molar-refractivity contribution is 6.32. The molecule has 4 nitrogen and oxygen atoms in total. The first kappa shape index (κ1) is 13.6. The Morgan fingerprint density at radius 3 is 2.59 bits per heavy atom. The number of rotatable bonds is 5. The van der Waals surface area contributed by atoms with Gasteiger partial charge >= 0.3 is 0 Å². The maximum atomic E-state index is 11.1. The molecule has 0 saturated carbocycles. The number of halogens is 1. The second-order valence-electron chi connectivity index (χ2n) is 4.06. The van der Waals surface area contributed by atoms with Crippen molar-refractivity contribution in [3.63, 3.8) is 0 Å². The molecule has 0 fully saturated rings. The Labute approximate surface area is 106 Å². The van der Waals surface area contributed by atoms with E-state index in [0.29, 0.717) is 34.6 Å². The van der Waals surface area contributed by atoms with Crippen LogP contribution >= 0.6 is 11.6 Å². The number of primary amides is 1. The Kier molecular flexibility index (Phi) is 4.63. The van der Waals surface area contributed by atoms with Crippen LogP contribution in [0, 0.1) is 5.92 Å². The van der Waals surface area contributed by atoms with E-state index in [4.69, 9.17) is 26.8 Å². The normalized spacial score (nSPS) is 10.4. The molecule has 0 aliphatic rings. The monoisotopic (exact) mass is 257 g/mol. The van der Waals surface area contributed by atoms with Crippen molar-refractivity contribution in [3.05, 3.63) is 22.7 Å². The van der Waals surface area contributed by atoms with Crippen molar-refractivity contribution in [1.82, 2.24) is 0 Å². The fourth-order valence-corrected chi connectivity index (χ4v) is 1.52. The van der Waals surface area contributed by atoms with Crippen molar-refractivity contribution in [2.24, 2.45) is 11.7 Å². The number of methoxy groups -OCH3 is 1. The summed E-state index contributed by atoms with van der Waals surface area (Å²) in [5, 5.41) is 0.318. The van der Waals surface area contributed by atoms with Crippen molar-refractivity contribution in [2.45, 2.75) is 13.8 Å². The van der Waals surface area contributed by atoms with Gasteiger partial charge in [0.1, 0.15) is 0 Å². The summed E-state index contributed by atoms with van der Waals surface area (Å²) in [5.74, 6) is 0.659. The fourth-order valence-electron chi connectivity index (χ4n) is 1.25. The summed E-state index contributed by atoms with van der Waals surface area (Å²) in [7, 11) is 1.48. The third-order valence-electron chi connectivity index (χ3n) is 2.07. The third-order valence-corrected chi connectivity index (χ3v) is 2.36. The largest absolute Gasteiger partial charge is 0.493 e. The van der Waals surface area contributed by atoms with E-state index >= 15 is 0 Å². The molecule has 1 aromatic rings. The van der Waals surface area contributed by atoms with E-state index in [1.54, 1.807) is 0 Å². The van der Waals surface area contributed by atoms with Gasteiger partial charge in [-0.3, -0.25) is 4.79 Å². The van der Waals surface area contributed by atoms with Crippen LogP contribution in [-0.2, 0) is 0 Å². The van der Waals surface area contributed by atoms with Crippen molar-refractivity contribution in [2.75, 3.05) is 13.7 Å². The van der Waals surface area contributed by atoms with Gasteiger partial charge in [0.15, 0.2) is 11.5 Å². The number of hydrogen-bond acceptors (Lipinski definition) is 3. The lowest BCUT2D eigenvalue weighted by Crippen LogP contribution is -2.12. The van der Waals surface area contributed by atoms with Gasteiger partial charge in [0, 0.05) is 5.56 Å². The lowest BCUT2D eigenvalue weighted by atomic mass is 10.2. The van der Waals surface area contributed by atoms with Crippen molar-refractivity contribution < 1.29 is 14.3 Å². The molecule has 5 heteroatoms. The number of benzene rings is 1. The molecule has 17 heavy (non-hydrogen) atoms. The molecule has 0 saturated heterocycles. The zero-order chi connectivity index (χ0) is 13.0. The first-order valence-corrected chi connectivity index (χ1v) is 5.63. The molecule has 0 aliphatic carbocycles. The Hall–Kier alpha value is -1.42. The van der Waals surface area contributed by atoms with Crippen molar-refractivity contribution >= 4 is 17.5 Å². The summed E-state index contributed by atoms with van der Waals surface area (Å²) >= 11 is 6.03. The molecule has 0 aromatic heterocycles. The molecule has 0 aliphatic heterocycles. The van der Waals surface area contributed by atoms with Crippen LogP contribution in [0.25, 0.3) is 0 Å². The maximum absolute atomic E-state index is 11.1. The van der Waals surface area contributed by atoms with E-state index in [-0.39, 0.29) is 0 Å². The van der Waals surface area contributed by atoms with Gasteiger partial charge in [-0.25, -0.2) is 0 Å². The van der Waals surface area contributed by atoms with Crippen LogP contribution in [0.15, 0.2) is 12.1 Å². The predicted molar refractivity (Wildman–Crippen MR) is 66.9 cm³/mol. The van der Waals surface area contributed by atoms with Gasteiger partial charge < -0.3 is 15.2 Å². The molecular weight excluding hydrogens is 242 g/mol. The van der Waals surface area contributed by atoms with Gasteiger partial charge in [0.25, 0.3) is 0 Å². The second kappa shape index (κ2) is 5.77. The van der Waals surface area contributed by atoms with E-state index < -0.39 is 5.91 Å². The summed E-state index contributed by atoms with van der Waals surface area (Å²) in [6.07, 6.45) is 0. The molecule has 0 atom stereocenters. The summed E-state index contributed by atoms with van der Waals surface area (Å²) in [6, 6.07) is 2.99. The first-order valence-electron chi connectivity index (χ1n) is 5.25. The van der Waals surface area contributed by atoms with Crippen LogP contribution in [0.2, 0.25) is 5.02 Å². The van der Waals surface area contributed by atoms with Gasteiger partial charge in [-0.2, -0.15) is 0 Å².